The standard InChI is InChI=1S/C31H44N4O5/c1-7-33-16-18-34(19-17-33)26-11-8-10-23-24(26)21-35(29(23)36)25(12-9-15-32-30(37)40-31(2,3)4)22-13-14-27(38-5)28(20-22)39-6/h8,10-11,13-14,20,25H,7,9,12,15-19,21H2,1-6H3,(H,32,37)/t25-/m1/s1. The van der Waals surface area contributed by atoms with Gasteiger partial charge in [-0.2, -0.15) is 0 Å². The minimum atomic E-state index is -0.555. The molecular formula is C31H44N4O5. The van der Waals surface area contributed by atoms with E-state index < -0.39 is 11.7 Å². The van der Waals surface area contributed by atoms with Crippen LogP contribution in [0.25, 0.3) is 0 Å². The maximum atomic E-state index is 13.9. The van der Waals surface area contributed by atoms with Crippen LogP contribution in [0.5, 0.6) is 11.5 Å². The first-order chi connectivity index (χ1) is 19.1. The highest BCUT2D eigenvalue weighted by Gasteiger charge is 2.36. The number of ether oxygens (including phenoxy) is 3. The van der Waals surface area contributed by atoms with E-state index in [1.165, 1.54) is 0 Å². The Kier molecular flexibility index (Phi) is 9.45. The molecule has 2 aliphatic rings. The monoisotopic (exact) mass is 552 g/mol. The first-order valence-electron chi connectivity index (χ1n) is 14.2. The number of hydrogen-bond donors (Lipinski definition) is 1. The first kappa shape index (κ1) is 29.5. The summed E-state index contributed by atoms with van der Waals surface area (Å²) in [7, 11) is 3.22. The molecule has 218 valence electrons. The number of rotatable bonds is 10. The number of fused-ring (bicyclic) bond motifs is 1. The van der Waals surface area contributed by atoms with Crippen LogP contribution >= 0.6 is 0 Å². The Morgan fingerprint density at radius 3 is 2.40 bits per heavy atom. The molecule has 0 unspecified atom stereocenters. The molecule has 2 heterocycles. The fraction of sp³-hybridized carbons (Fsp3) is 0.548. The lowest BCUT2D eigenvalue weighted by atomic mass is 9.99. The number of likely N-dealkylation sites (N-methyl/N-ethyl adjacent to an activating group) is 1. The number of anilines is 1. The molecule has 0 spiro atoms. The highest BCUT2D eigenvalue weighted by molar-refractivity contribution is 6.00. The predicted octanol–water partition coefficient (Wildman–Crippen LogP) is 4.85. The topological polar surface area (TPSA) is 83.6 Å². The van der Waals surface area contributed by atoms with Crippen molar-refractivity contribution in [1.82, 2.24) is 15.1 Å². The maximum Gasteiger partial charge on any atom is 0.407 e. The fourth-order valence-corrected chi connectivity index (χ4v) is 5.55. The second-order valence-electron chi connectivity index (χ2n) is 11.4. The SMILES string of the molecule is CCN1CCN(c2cccc3c2CN([C@H](CCCNC(=O)OC(C)(C)C)c2ccc(OC)c(OC)c2)C3=O)CC1. The van der Waals surface area contributed by atoms with E-state index in [0.717, 1.165) is 55.1 Å². The molecule has 9 nitrogen and oxygen atoms in total. The van der Waals surface area contributed by atoms with Gasteiger partial charge >= 0.3 is 6.09 Å². The Morgan fingerprint density at radius 1 is 1.02 bits per heavy atom. The third-order valence-electron chi connectivity index (χ3n) is 7.62. The van der Waals surface area contributed by atoms with Crippen molar-refractivity contribution in [3.63, 3.8) is 0 Å². The number of nitrogens with one attached hydrogen (secondary N) is 1. The third kappa shape index (κ3) is 6.81. The summed E-state index contributed by atoms with van der Waals surface area (Å²) in [6, 6.07) is 11.7. The van der Waals surface area contributed by atoms with E-state index in [4.69, 9.17) is 14.2 Å². The van der Waals surface area contributed by atoms with E-state index in [0.29, 0.717) is 37.4 Å². The van der Waals surface area contributed by atoms with Crippen LogP contribution in [-0.4, -0.2) is 80.9 Å². The number of carbonyl (C=O) groups excluding carboxylic acids is 2. The van der Waals surface area contributed by atoms with Crippen molar-refractivity contribution in [3.8, 4) is 11.5 Å². The van der Waals surface area contributed by atoms with Gasteiger partial charge in [-0.1, -0.05) is 19.1 Å². The minimum Gasteiger partial charge on any atom is -0.493 e. The molecule has 9 heteroatoms. The van der Waals surface area contributed by atoms with Crippen LogP contribution in [0, 0.1) is 0 Å². The third-order valence-corrected chi connectivity index (χ3v) is 7.62. The summed E-state index contributed by atoms with van der Waals surface area (Å²) in [6.45, 7) is 13.7. The van der Waals surface area contributed by atoms with Crippen LogP contribution in [0.15, 0.2) is 36.4 Å². The number of piperazine rings is 1. The van der Waals surface area contributed by atoms with Gasteiger partial charge in [0.05, 0.1) is 20.3 Å². The Labute approximate surface area is 238 Å². The summed E-state index contributed by atoms with van der Waals surface area (Å²) in [5, 5.41) is 2.85. The van der Waals surface area contributed by atoms with Gasteiger partial charge in [0.25, 0.3) is 5.91 Å². The largest absolute Gasteiger partial charge is 0.493 e. The molecular weight excluding hydrogens is 508 g/mol. The molecule has 0 saturated carbocycles. The van der Waals surface area contributed by atoms with E-state index in [9.17, 15) is 9.59 Å². The van der Waals surface area contributed by atoms with Crippen molar-refractivity contribution >= 4 is 17.7 Å². The van der Waals surface area contributed by atoms with Gasteiger partial charge in [0, 0.05) is 56.1 Å². The van der Waals surface area contributed by atoms with Gasteiger partial charge < -0.3 is 34.2 Å². The first-order valence-corrected chi connectivity index (χ1v) is 14.2. The molecule has 1 saturated heterocycles. The second kappa shape index (κ2) is 12.8. The number of methoxy groups -OCH3 is 2. The molecule has 0 radical (unpaired) electrons. The van der Waals surface area contributed by atoms with E-state index in [1.807, 2.05) is 56.0 Å². The zero-order valence-electron chi connectivity index (χ0n) is 24.8. The molecule has 40 heavy (non-hydrogen) atoms. The molecule has 4 rings (SSSR count). The highest BCUT2D eigenvalue weighted by Crippen LogP contribution is 2.40. The van der Waals surface area contributed by atoms with Crippen molar-refractivity contribution in [2.45, 2.75) is 58.7 Å². The van der Waals surface area contributed by atoms with E-state index in [1.54, 1.807) is 14.2 Å². The molecule has 1 fully saturated rings. The van der Waals surface area contributed by atoms with Crippen molar-refractivity contribution < 1.29 is 23.8 Å². The summed E-state index contributed by atoms with van der Waals surface area (Å²) in [4.78, 5) is 32.9. The molecule has 1 N–H and O–H groups in total. The van der Waals surface area contributed by atoms with E-state index >= 15 is 0 Å². The quantitative estimate of drug-likeness (QED) is 0.422. The van der Waals surface area contributed by atoms with Crippen molar-refractivity contribution in [1.29, 1.82) is 0 Å². The number of alkyl carbamates (subject to hydrolysis) is 1. The Balaban J connectivity index is 1.56. The lowest BCUT2D eigenvalue weighted by Crippen LogP contribution is -2.46. The zero-order valence-corrected chi connectivity index (χ0v) is 24.8. The zero-order chi connectivity index (χ0) is 28.9. The molecule has 2 aromatic carbocycles. The molecule has 0 bridgehead atoms. The number of amides is 2. The molecule has 0 aromatic heterocycles. The second-order valence-corrected chi connectivity index (χ2v) is 11.4. The average Bonchev–Trinajstić information content (AvgIpc) is 3.27. The predicted molar refractivity (Wildman–Crippen MR) is 156 cm³/mol. The molecule has 1 atom stereocenters. The smallest absolute Gasteiger partial charge is 0.407 e. The van der Waals surface area contributed by atoms with Crippen LogP contribution in [0.4, 0.5) is 10.5 Å². The van der Waals surface area contributed by atoms with E-state index in [-0.39, 0.29) is 11.9 Å². The van der Waals surface area contributed by atoms with Crippen LogP contribution in [0.3, 0.4) is 0 Å². The Morgan fingerprint density at radius 2 is 1.75 bits per heavy atom. The molecule has 2 amide bonds. The highest BCUT2D eigenvalue weighted by atomic mass is 16.6. The van der Waals surface area contributed by atoms with Gasteiger partial charge in [-0.3, -0.25) is 4.79 Å². The van der Waals surface area contributed by atoms with Crippen molar-refractivity contribution in [2.75, 3.05) is 58.4 Å². The van der Waals surface area contributed by atoms with Gasteiger partial charge in [0.2, 0.25) is 0 Å². The van der Waals surface area contributed by atoms with Gasteiger partial charge in [-0.05, 0) is 70.0 Å². The lowest BCUT2D eigenvalue weighted by molar-refractivity contribution is 0.0521. The Hall–Kier alpha value is -3.46. The summed E-state index contributed by atoms with van der Waals surface area (Å²) in [5.41, 5.74) is 3.43. The summed E-state index contributed by atoms with van der Waals surface area (Å²) < 4.78 is 16.4. The van der Waals surface area contributed by atoms with Crippen LogP contribution in [-0.2, 0) is 11.3 Å². The molecule has 2 aromatic rings. The Bertz CT molecular complexity index is 1190. The van der Waals surface area contributed by atoms with Crippen molar-refractivity contribution in [2.24, 2.45) is 0 Å². The summed E-state index contributed by atoms with van der Waals surface area (Å²) >= 11 is 0. The number of nitrogens with zero attached hydrogens (tertiary/aromatic N) is 3. The van der Waals surface area contributed by atoms with Crippen LogP contribution < -0.4 is 19.7 Å². The van der Waals surface area contributed by atoms with E-state index in [2.05, 4.69) is 28.1 Å². The van der Waals surface area contributed by atoms with Gasteiger partial charge in [-0.25, -0.2) is 4.79 Å². The number of carbonyl (C=O) groups is 2. The average molecular weight is 553 g/mol. The summed E-state index contributed by atoms with van der Waals surface area (Å²) in [5.74, 6) is 1.29. The van der Waals surface area contributed by atoms with Gasteiger partial charge in [0.15, 0.2) is 11.5 Å². The van der Waals surface area contributed by atoms with Gasteiger partial charge in [-0.15, -0.1) is 0 Å². The molecule has 0 aliphatic carbocycles. The fourth-order valence-electron chi connectivity index (χ4n) is 5.55. The number of hydrogen-bond acceptors (Lipinski definition) is 7. The minimum absolute atomic E-state index is 0.0314. The van der Waals surface area contributed by atoms with Crippen LogP contribution in [0.2, 0.25) is 0 Å². The van der Waals surface area contributed by atoms with Gasteiger partial charge in [0.1, 0.15) is 5.60 Å². The maximum absolute atomic E-state index is 13.9. The summed E-state index contributed by atoms with van der Waals surface area (Å²) in [6.07, 6.45) is 0.896. The number of benzene rings is 2. The van der Waals surface area contributed by atoms with Crippen LogP contribution in [0.1, 0.15) is 68.1 Å². The molecule has 2 aliphatic heterocycles. The normalized spacial score (nSPS) is 16.5. The lowest BCUT2D eigenvalue weighted by Gasteiger charge is -2.36. The van der Waals surface area contributed by atoms with Crippen molar-refractivity contribution in [3.05, 3.63) is 53.1 Å².